The van der Waals surface area contributed by atoms with Crippen LogP contribution in [0.25, 0.3) is 0 Å². The molecule has 4 nitrogen and oxygen atoms in total. The first-order valence-electron chi connectivity index (χ1n) is 8.36. The number of amides is 2. The Morgan fingerprint density at radius 2 is 1.80 bits per heavy atom. The predicted molar refractivity (Wildman–Crippen MR) is 100.0 cm³/mol. The number of carbonyl (C=O) groups excluding carboxylic acids is 2. The smallest absolute Gasteiger partial charge is 0.249 e. The second kappa shape index (κ2) is 7.28. The monoisotopic (exact) mass is 356 g/mol. The van der Waals surface area contributed by atoms with Crippen LogP contribution < -0.4 is 10.2 Å². The van der Waals surface area contributed by atoms with Crippen LogP contribution in [0.5, 0.6) is 0 Å². The Labute approximate surface area is 152 Å². The molecule has 5 heteroatoms. The number of anilines is 1. The van der Waals surface area contributed by atoms with Gasteiger partial charge in [0, 0.05) is 17.3 Å². The molecule has 1 heterocycles. The Morgan fingerprint density at radius 1 is 1.16 bits per heavy atom. The van der Waals surface area contributed by atoms with Crippen molar-refractivity contribution in [2.75, 3.05) is 11.4 Å². The van der Waals surface area contributed by atoms with Crippen molar-refractivity contribution in [3.05, 3.63) is 64.2 Å². The number of halogens is 1. The van der Waals surface area contributed by atoms with Crippen molar-refractivity contribution in [1.29, 1.82) is 0 Å². The number of rotatable bonds is 4. The molecule has 0 radical (unpaired) electrons. The van der Waals surface area contributed by atoms with Crippen LogP contribution in [-0.4, -0.2) is 24.4 Å². The lowest BCUT2D eigenvalue weighted by atomic mass is 10.1. The average Bonchev–Trinajstić information content (AvgIpc) is 2.89. The van der Waals surface area contributed by atoms with Crippen LogP contribution >= 0.6 is 11.6 Å². The van der Waals surface area contributed by atoms with E-state index < -0.39 is 6.04 Å². The summed E-state index contributed by atoms with van der Waals surface area (Å²) in [5.74, 6) is -0.197. The fourth-order valence-corrected chi connectivity index (χ4v) is 3.34. The molecule has 2 amide bonds. The second-order valence-corrected chi connectivity index (χ2v) is 6.98. The minimum Gasteiger partial charge on any atom is -0.344 e. The average molecular weight is 357 g/mol. The summed E-state index contributed by atoms with van der Waals surface area (Å²) in [6.07, 6.45) is 0.864. The van der Waals surface area contributed by atoms with Crippen LogP contribution in [0, 0.1) is 13.8 Å². The lowest BCUT2D eigenvalue weighted by Crippen LogP contribution is -2.42. The van der Waals surface area contributed by atoms with Gasteiger partial charge in [0.2, 0.25) is 11.8 Å². The van der Waals surface area contributed by atoms with Crippen LogP contribution in [-0.2, 0) is 16.0 Å². The third-order valence-electron chi connectivity index (χ3n) is 4.34. The number of carbonyl (C=O) groups is 2. The minimum atomic E-state index is -0.458. The normalized spacial score (nSPS) is 17.0. The Hall–Kier alpha value is -2.33. The molecule has 2 aromatic carbocycles. The second-order valence-electron chi connectivity index (χ2n) is 6.55. The van der Waals surface area contributed by atoms with Crippen LogP contribution in [0.15, 0.2) is 42.5 Å². The quantitative estimate of drug-likeness (QED) is 0.912. The minimum absolute atomic E-state index is 0.0468. The molecular weight excluding hydrogens is 336 g/mol. The van der Waals surface area contributed by atoms with Gasteiger partial charge in [0.05, 0.1) is 6.42 Å². The third kappa shape index (κ3) is 4.20. The molecule has 1 atom stereocenters. The zero-order valence-corrected chi connectivity index (χ0v) is 15.1. The van der Waals surface area contributed by atoms with Gasteiger partial charge in [0.1, 0.15) is 6.04 Å². The molecule has 3 rings (SSSR count). The molecule has 1 saturated heterocycles. The first kappa shape index (κ1) is 17.5. The fraction of sp³-hybridized carbons (Fsp3) is 0.300. The maximum absolute atomic E-state index is 12.7. The highest BCUT2D eigenvalue weighted by molar-refractivity contribution is 6.30. The van der Waals surface area contributed by atoms with Crippen molar-refractivity contribution < 1.29 is 9.59 Å². The summed E-state index contributed by atoms with van der Waals surface area (Å²) >= 11 is 5.85. The third-order valence-corrected chi connectivity index (χ3v) is 4.59. The molecular formula is C20H21ClN2O2. The number of nitrogens with zero attached hydrogens (tertiary/aromatic N) is 1. The molecule has 1 N–H and O–H groups in total. The largest absolute Gasteiger partial charge is 0.344 e. The molecule has 1 aliphatic rings. The standard InChI is InChI=1S/C20H21ClN2O2/c1-13-9-14(2)11-17(10-13)23-8-7-18(20(23)25)22-19(24)12-15-3-5-16(21)6-4-15/h3-6,9-11,18H,7-8,12H2,1-2H3,(H,22,24)/t18-/m0/s1. The number of benzene rings is 2. The maximum Gasteiger partial charge on any atom is 0.249 e. The summed E-state index contributed by atoms with van der Waals surface area (Å²) in [6, 6.07) is 12.8. The zero-order valence-electron chi connectivity index (χ0n) is 14.4. The van der Waals surface area contributed by atoms with Gasteiger partial charge in [0.15, 0.2) is 0 Å². The molecule has 1 fully saturated rings. The number of hydrogen-bond acceptors (Lipinski definition) is 2. The van der Waals surface area contributed by atoms with E-state index in [0.29, 0.717) is 18.0 Å². The van der Waals surface area contributed by atoms with E-state index in [4.69, 9.17) is 11.6 Å². The van der Waals surface area contributed by atoms with Gasteiger partial charge in [-0.25, -0.2) is 0 Å². The SMILES string of the molecule is Cc1cc(C)cc(N2CC[C@H](NC(=O)Cc3ccc(Cl)cc3)C2=O)c1. The number of hydrogen-bond donors (Lipinski definition) is 1. The van der Waals surface area contributed by atoms with E-state index in [1.54, 1.807) is 17.0 Å². The van der Waals surface area contributed by atoms with Crippen molar-refractivity contribution in [3.63, 3.8) is 0 Å². The van der Waals surface area contributed by atoms with Crippen LogP contribution in [0.1, 0.15) is 23.1 Å². The molecule has 25 heavy (non-hydrogen) atoms. The van der Waals surface area contributed by atoms with Crippen molar-refractivity contribution in [3.8, 4) is 0 Å². The first-order chi connectivity index (χ1) is 11.9. The van der Waals surface area contributed by atoms with E-state index in [2.05, 4.69) is 11.4 Å². The molecule has 130 valence electrons. The van der Waals surface area contributed by atoms with Gasteiger partial charge >= 0.3 is 0 Å². The van der Waals surface area contributed by atoms with E-state index in [1.165, 1.54) is 0 Å². The van der Waals surface area contributed by atoms with E-state index in [-0.39, 0.29) is 18.2 Å². The highest BCUT2D eigenvalue weighted by Gasteiger charge is 2.33. The topological polar surface area (TPSA) is 49.4 Å². The van der Waals surface area contributed by atoms with Crippen LogP contribution in [0.2, 0.25) is 5.02 Å². The van der Waals surface area contributed by atoms with E-state index in [0.717, 1.165) is 22.4 Å². The first-order valence-corrected chi connectivity index (χ1v) is 8.73. The van der Waals surface area contributed by atoms with Gasteiger partial charge < -0.3 is 10.2 Å². The molecule has 0 bridgehead atoms. The fourth-order valence-electron chi connectivity index (χ4n) is 3.21. The van der Waals surface area contributed by atoms with Gasteiger partial charge in [0.25, 0.3) is 0 Å². The Balaban J connectivity index is 1.63. The van der Waals surface area contributed by atoms with Gasteiger partial charge in [-0.1, -0.05) is 29.8 Å². The Bertz CT molecular complexity index is 782. The number of aryl methyl sites for hydroxylation is 2. The van der Waals surface area contributed by atoms with Crippen molar-refractivity contribution in [2.24, 2.45) is 0 Å². The Kier molecular flexibility index (Phi) is 5.09. The molecule has 1 aliphatic heterocycles. The molecule has 0 saturated carbocycles. The molecule has 0 unspecified atom stereocenters. The molecule has 0 spiro atoms. The van der Waals surface area contributed by atoms with Crippen LogP contribution in [0.4, 0.5) is 5.69 Å². The molecule has 0 aliphatic carbocycles. The van der Waals surface area contributed by atoms with Crippen molar-refractivity contribution in [1.82, 2.24) is 5.32 Å². The summed E-state index contributed by atoms with van der Waals surface area (Å²) in [5.41, 5.74) is 4.02. The van der Waals surface area contributed by atoms with E-state index >= 15 is 0 Å². The lowest BCUT2D eigenvalue weighted by molar-refractivity contribution is -0.126. The van der Waals surface area contributed by atoms with Gasteiger partial charge in [-0.2, -0.15) is 0 Å². The van der Waals surface area contributed by atoms with E-state index in [1.807, 2.05) is 38.1 Å². The summed E-state index contributed by atoms with van der Waals surface area (Å²) in [7, 11) is 0. The predicted octanol–water partition coefficient (Wildman–Crippen LogP) is 3.42. The summed E-state index contributed by atoms with van der Waals surface area (Å²) in [5, 5.41) is 3.50. The van der Waals surface area contributed by atoms with Gasteiger partial charge in [-0.3, -0.25) is 9.59 Å². The highest BCUT2D eigenvalue weighted by Crippen LogP contribution is 2.24. The number of nitrogens with one attached hydrogen (secondary N) is 1. The molecule has 0 aromatic heterocycles. The lowest BCUT2D eigenvalue weighted by Gasteiger charge is -2.18. The van der Waals surface area contributed by atoms with Gasteiger partial charge in [-0.05, 0) is 61.2 Å². The van der Waals surface area contributed by atoms with Crippen LogP contribution in [0.3, 0.4) is 0 Å². The molecule has 2 aromatic rings. The van der Waals surface area contributed by atoms with E-state index in [9.17, 15) is 9.59 Å². The summed E-state index contributed by atoms with van der Waals surface area (Å²) in [6.45, 7) is 4.65. The summed E-state index contributed by atoms with van der Waals surface area (Å²) < 4.78 is 0. The van der Waals surface area contributed by atoms with Gasteiger partial charge in [-0.15, -0.1) is 0 Å². The maximum atomic E-state index is 12.7. The zero-order chi connectivity index (χ0) is 18.0. The van der Waals surface area contributed by atoms with Crippen molar-refractivity contribution in [2.45, 2.75) is 32.7 Å². The summed E-state index contributed by atoms with van der Waals surface area (Å²) in [4.78, 5) is 26.6. The van der Waals surface area contributed by atoms with Crippen molar-refractivity contribution >= 4 is 29.1 Å². The Morgan fingerprint density at radius 3 is 2.44 bits per heavy atom. The highest BCUT2D eigenvalue weighted by atomic mass is 35.5.